The highest BCUT2D eigenvalue weighted by atomic mass is 35.5. The summed E-state index contributed by atoms with van der Waals surface area (Å²) >= 11 is 5.81. The number of piperidine rings is 1. The molecule has 1 heterocycles. The van der Waals surface area contributed by atoms with Gasteiger partial charge in [-0.05, 0) is 25.0 Å². The van der Waals surface area contributed by atoms with Gasteiger partial charge in [-0.3, -0.25) is 4.79 Å². The second-order valence-corrected chi connectivity index (χ2v) is 5.73. The Balaban J connectivity index is 2.22. The second-order valence-electron chi connectivity index (χ2n) is 5.32. The third kappa shape index (κ3) is 3.70. The lowest BCUT2D eigenvalue weighted by Gasteiger charge is -2.39. The molecule has 0 spiro atoms. The molecule has 8 heteroatoms. The van der Waals surface area contributed by atoms with Gasteiger partial charge in [-0.25, -0.2) is 4.39 Å². The smallest absolute Gasteiger partial charge is 0.329 e. The van der Waals surface area contributed by atoms with Crippen LogP contribution in [0.5, 0.6) is 0 Å². The van der Waals surface area contributed by atoms with Crippen LogP contribution in [-0.2, 0) is 11.2 Å². The van der Waals surface area contributed by atoms with Crippen LogP contribution in [-0.4, -0.2) is 35.6 Å². The van der Waals surface area contributed by atoms with Gasteiger partial charge in [0.05, 0.1) is 6.42 Å². The van der Waals surface area contributed by atoms with Gasteiger partial charge in [-0.2, -0.15) is 13.2 Å². The molecule has 122 valence electrons. The maximum atomic E-state index is 13.7. The summed E-state index contributed by atoms with van der Waals surface area (Å²) < 4.78 is 52.8. The third-order valence-corrected chi connectivity index (χ3v) is 4.06. The Kier molecular flexibility index (Phi) is 4.97. The monoisotopic (exact) mass is 338 g/mol. The Morgan fingerprint density at radius 2 is 2.05 bits per heavy atom. The average Bonchev–Trinajstić information content (AvgIpc) is 2.41. The van der Waals surface area contributed by atoms with Crippen molar-refractivity contribution >= 4 is 17.5 Å². The van der Waals surface area contributed by atoms with Crippen molar-refractivity contribution in [2.45, 2.75) is 37.5 Å². The van der Waals surface area contributed by atoms with Crippen LogP contribution in [0.2, 0.25) is 5.02 Å². The molecule has 1 fully saturated rings. The molecular weight excluding hydrogens is 324 g/mol. The van der Waals surface area contributed by atoms with Crippen molar-refractivity contribution in [1.82, 2.24) is 4.90 Å². The van der Waals surface area contributed by atoms with Crippen LogP contribution in [0, 0.1) is 5.82 Å². The molecule has 2 N–H and O–H groups in total. The van der Waals surface area contributed by atoms with Crippen LogP contribution in [0.1, 0.15) is 18.4 Å². The molecule has 0 aliphatic carbocycles. The van der Waals surface area contributed by atoms with Gasteiger partial charge in [0.15, 0.2) is 0 Å². The van der Waals surface area contributed by atoms with Crippen LogP contribution in [0.4, 0.5) is 17.6 Å². The summed E-state index contributed by atoms with van der Waals surface area (Å²) in [6.45, 7) is -0.199. The summed E-state index contributed by atoms with van der Waals surface area (Å²) in [4.78, 5) is 12.9. The number of amides is 1. The summed E-state index contributed by atoms with van der Waals surface area (Å²) in [6, 6.07) is 1.46. The molecule has 1 aliphatic heterocycles. The molecule has 1 amide bonds. The van der Waals surface area contributed by atoms with Gasteiger partial charge in [-0.15, -0.1) is 0 Å². The standard InChI is InChI=1S/C14H15ClF4N2O/c15-10-2-1-3-11(16)9(10)6-13(22)21-7-8(20)4-5-12(21)14(17,18)19/h1-3,8,12H,4-7,20H2. The first-order valence-electron chi connectivity index (χ1n) is 6.74. The van der Waals surface area contributed by atoms with E-state index in [-0.39, 0.29) is 30.0 Å². The predicted molar refractivity (Wildman–Crippen MR) is 73.9 cm³/mol. The minimum atomic E-state index is -4.53. The molecule has 2 rings (SSSR count). The van der Waals surface area contributed by atoms with Gasteiger partial charge in [-0.1, -0.05) is 17.7 Å². The summed E-state index contributed by atoms with van der Waals surface area (Å²) in [5, 5.41) is 0.0122. The highest BCUT2D eigenvalue weighted by molar-refractivity contribution is 6.31. The molecule has 0 saturated carbocycles. The van der Waals surface area contributed by atoms with E-state index in [0.29, 0.717) is 4.90 Å². The predicted octanol–water partition coefficient (Wildman–Crippen LogP) is 2.90. The van der Waals surface area contributed by atoms with Crippen molar-refractivity contribution in [1.29, 1.82) is 0 Å². The molecule has 0 radical (unpaired) electrons. The Bertz CT molecular complexity index is 544. The number of halogens is 5. The molecule has 2 unspecified atom stereocenters. The molecule has 1 aromatic carbocycles. The number of nitrogens with two attached hydrogens (primary N) is 1. The fourth-order valence-electron chi connectivity index (χ4n) is 2.57. The minimum Gasteiger partial charge on any atom is -0.329 e. The van der Waals surface area contributed by atoms with Crippen molar-refractivity contribution in [2.24, 2.45) is 5.73 Å². The van der Waals surface area contributed by atoms with E-state index in [1.807, 2.05) is 0 Å². The lowest BCUT2D eigenvalue weighted by Crippen LogP contribution is -2.57. The van der Waals surface area contributed by atoms with E-state index in [1.165, 1.54) is 12.1 Å². The topological polar surface area (TPSA) is 46.3 Å². The minimum absolute atomic E-state index is 0.0122. The summed E-state index contributed by atoms with van der Waals surface area (Å²) in [7, 11) is 0. The normalized spacial score (nSPS) is 22.7. The van der Waals surface area contributed by atoms with Gasteiger partial charge in [0.25, 0.3) is 0 Å². The molecule has 1 aliphatic rings. The van der Waals surface area contributed by atoms with E-state index in [0.717, 1.165) is 6.07 Å². The zero-order chi connectivity index (χ0) is 16.5. The average molecular weight is 339 g/mol. The van der Waals surface area contributed by atoms with Crippen molar-refractivity contribution in [3.8, 4) is 0 Å². The van der Waals surface area contributed by atoms with Crippen molar-refractivity contribution in [3.05, 3.63) is 34.6 Å². The van der Waals surface area contributed by atoms with E-state index in [2.05, 4.69) is 0 Å². The molecule has 0 aromatic heterocycles. The fourth-order valence-corrected chi connectivity index (χ4v) is 2.80. The highest BCUT2D eigenvalue weighted by Crippen LogP contribution is 2.32. The zero-order valence-corrected chi connectivity index (χ0v) is 12.3. The van der Waals surface area contributed by atoms with Crippen LogP contribution < -0.4 is 5.73 Å². The van der Waals surface area contributed by atoms with Crippen LogP contribution in [0.3, 0.4) is 0 Å². The number of rotatable bonds is 2. The highest BCUT2D eigenvalue weighted by Gasteiger charge is 2.47. The van der Waals surface area contributed by atoms with Crippen LogP contribution in [0.25, 0.3) is 0 Å². The maximum Gasteiger partial charge on any atom is 0.408 e. The van der Waals surface area contributed by atoms with E-state index in [1.54, 1.807) is 0 Å². The molecule has 1 aromatic rings. The maximum absolute atomic E-state index is 13.7. The van der Waals surface area contributed by atoms with E-state index < -0.39 is 36.4 Å². The van der Waals surface area contributed by atoms with Gasteiger partial charge in [0.2, 0.25) is 5.91 Å². The number of carbonyl (C=O) groups excluding carboxylic acids is 1. The van der Waals surface area contributed by atoms with Crippen LogP contribution >= 0.6 is 11.6 Å². The lowest BCUT2D eigenvalue weighted by atomic mass is 9.97. The summed E-state index contributed by atoms with van der Waals surface area (Å²) in [5.41, 5.74) is 5.56. The fraction of sp³-hybridized carbons (Fsp3) is 0.500. The Morgan fingerprint density at radius 3 is 2.64 bits per heavy atom. The number of alkyl halides is 3. The molecule has 3 nitrogen and oxygen atoms in total. The SMILES string of the molecule is NC1CCC(C(F)(F)F)N(C(=O)Cc2c(F)cccc2Cl)C1. The first-order valence-corrected chi connectivity index (χ1v) is 7.12. The molecule has 22 heavy (non-hydrogen) atoms. The molecular formula is C14H15ClF4N2O. The van der Waals surface area contributed by atoms with Gasteiger partial charge in [0.1, 0.15) is 11.9 Å². The summed E-state index contributed by atoms with van der Waals surface area (Å²) in [6.07, 6.45) is -5.12. The largest absolute Gasteiger partial charge is 0.408 e. The summed E-state index contributed by atoms with van der Waals surface area (Å²) in [5.74, 6) is -1.55. The van der Waals surface area contributed by atoms with Crippen molar-refractivity contribution in [2.75, 3.05) is 6.54 Å². The van der Waals surface area contributed by atoms with Gasteiger partial charge < -0.3 is 10.6 Å². The number of hydrogen-bond donors (Lipinski definition) is 1. The number of nitrogens with zero attached hydrogens (tertiary/aromatic N) is 1. The molecule has 2 atom stereocenters. The molecule has 1 saturated heterocycles. The quantitative estimate of drug-likeness (QED) is 0.843. The number of benzene rings is 1. The Hall–Kier alpha value is -1.34. The Labute approximate surface area is 130 Å². The second kappa shape index (κ2) is 6.42. The van der Waals surface area contributed by atoms with Gasteiger partial charge in [0, 0.05) is 23.2 Å². The van der Waals surface area contributed by atoms with E-state index in [4.69, 9.17) is 17.3 Å². The number of likely N-dealkylation sites (tertiary alicyclic amines) is 1. The molecule has 0 bridgehead atoms. The first-order chi connectivity index (χ1) is 10.2. The van der Waals surface area contributed by atoms with Crippen molar-refractivity contribution in [3.63, 3.8) is 0 Å². The number of carbonyl (C=O) groups is 1. The first kappa shape index (κ1) is 17.0. The van der Waals surface area contributed by atoms with Crippen molar-refractivity contribution < 1.29 is 22.4 Å². The Morgan fingerprint density at radius 1 is 1.36 bits per heavy atom. The zero-order valence-electron chi connectivity index (χ0n) is 11.5. The van der Waals surface area contributed by atoms with Gasteiger partial charge >= 0.3 is 6.18 Å². The van der Waals surface area contributed by atoms with Crippen LogP contribution in [0.15, 0.2) is 18.2 Å². The number of hydrogen-bond acceptors (Lipinski definition) is 2. The van der Waals surface area contributed by atoms with E-state index in [9.17, 15) is 22.4 Å². The lowest BCUT2D eigenvalue weighted by molar-refractivity contribution is -0.196. The third-order valence-electron chi connectivity index (χ3n) is 3.71. The van der Waals surface area contributed by atoms with E-state index >= 15 is 0 Å².